The first-order valence-corrected chi connectivity index (χ1v) is 9.31. The van der Waals surface area contributed by atoms with Crippen molar-refractivity contribution in [3.8, 4) is 33.4 Å². The summed E-state index contributed by atoms with van der Waals surface area (Å²) < 4.78 is 1.07. The van der Waals surface area contributed by atoms with Gasteiger partial charge in [-0.3, -0.25) is 0 Å². The summed E-state index contributed by atoms with van der Waals surface area (Å²) in [5, 5.41) is 0. The lowest BCUT2D eigenvalue weighted by Gasteiger charge is -2.12. The van der Waals surface area contributed by atoms with Crippen molar-refractivity contribution in [1.82, 2.24) is 0 Å². The number of benzene rings is 4. The van der Waals surface area contributed by atoms with E-state index in [0.717, 1.165) is 21.3 Å². The Bertz CT molecular complexity index is 1020. The third-order valence-electron chi connectivity index (χ3n) is 4.50. The SMILES string of the molecule is Nc1ccc(-c2ccc(Br)cc2)c(-c2ccc(-c3ccccc3)cc2)c1. The molecule has 126 valence electrons. The normalized spacial score (nSPS) is 10.7. The van der Waals surface area contributed by atoms with Gasteiger partial charge in [0.05, 0.1) is 0 Å². The molecule has 26 heavy (non-hydrogen) atoms. The van der Waals surface area contributed by atoms with E-state index in [-0.39, 0.29) is 0 Å². The molecule has 2 heteroatoms. The molecule has 0 amide bonds. The Labute approximate surface area is 162 Å². The predicted octanol–water partition coefficient (Wildman–Crippen LogP) is 7.03. The largest absolute Gasteiger partial charge is 0.399 e. The van der Waals surface area contributed by atoms with Gasteiger partial charge in [-0.15, -0.1) is 0 Å². The fourth-order valence-corrected chi connectivity index (χ4v) is 3.42. The summed E-state index contributed by atoms with van der Waals surface area (Å²) >= 11 is 3.50. The van der Waals surface area contributed by atoms with Gasteiger partial charge >= 0.3 is 0 Å². The van der Waals surface area contributed by atoms with Crippen molar-refractivity contribution in [2.24, 2.45) is 0 Å². The summed E-state index contributed by atoms with van der Waals surface area (Å²) in [7, 11) is 0. The van der Waals surface area contributed by atoms with Crippen LogP contribution in [0.4, 0.5) is 5.69 Å². The molecule has 0 saturated heterocycles. The number of rotatable bonds is 3. The van der Waals surface area contributed by atoms with E-state index in [1.807, 2.05) is 12.1 Å². The van der Waals surface area contributed by atoms with E-state index in [1.54, 1.807) is 0 Å². The Morgan fingerprint density at radius 2 is 1.04 bits per heavy atom. The first-order valence-electron chi connectivity index (χ1n) is 8.52. The second kappa shape index (κ2) is 7.19. The molecule has 4 aromatic carbocycles. The summed E-state index contributed by atoms with van der Waals surface area (Å²) in [4.78, 5) is 0. The molecule has 0 aliphatic heterocycles. The van der Waals surface area contributed by atoms with Crippen LogP contribution in [0.3, 0.4) is 0 Å². The summed E-state index contributed by atoms with van der Waals surface area (Å²) in [6.45, 7) is 0. The van der Waals surface area contributed by atoms with Gasteiger partial charge in [0.1, 0.15) is 0 Å². The van der Waals surface area contributed by atoms with Gasteiger partial charge in [-0.05, 0) is 57.6 Å². The molecule has 2 N–H and O–H groups in total. The van der Waals surface area contributed by atoms with Crippen molar-refractivity contribution in [1.29, 1.82) is 0 Å². The molecule has 4 rings (SSSR count). The highest BCUT2D eigenvalue weighted by atomic mass is 79.9. The molecule has 0 bridgehead atoms. The van der Waals surface area contributed by atoms with E-state index in [4.69, 9.17) is 5.73 Å². The Kier molecular flexibility index (Phi) is 4.59. The molecule has 0 heterocycles. The highest BCUT2D eigenvalue weighted by Gasteiger charge is 2.09. The zero-order valence-corrected chi connectivity index (χ0v) is 15.8. The van der Waals surface area contributed by atoms with Crippen LogP contribution in [0.1, 0.15) is 0 Å². The Hall–Kier alpha value is -2.84. The fraction of sp³-hybridized carbons (Fsp3) is 0. The van der Waals surface area contributed by atoms with Gasteiger partial charge in [0.15, 0.2) is 0 Å². The maximum absolute atomic E-state index is 6.08. The number of hydrogen-bond acceptors (Lipinski definition) is 1. The van der Waals surface area contributed by atoms with Gasteiger partial charge in [-0.2, -0.15) is 0 Å². The number of nitrogen functional groups attached to an aromatic ring is 1. The topological polar surface area (TPSA) is 26.0 Å². The van der Waals surface area contributed by atoms with Crippen LogP contribution in [0.5, 0.6) is 0 Å². The van der Waals surface area contributed by atoms with Crippen molar-refractivity contribution >= 4 is 21.6 Å². The second-order valence-corrected chi connectivity index (χ2v) is 7.17. The third-order valence-corrected chi connectivity index (χ3v) is 5.03. The highest BCUT2D eigenvalue weighted by molar-refractivity contribution is 9.10. The van der Waals surface area contributed by atoms with Crippen LogP contribution < -0.4 is 5.73 Å². The lowest BCUT2D eigenvalue weighted by Crippen LogP contribution is -1.90. The van der Waals surface area contributed by atoms with Crippen molar-refractivity contribution in [2.45, 2.75) is 0 Å². The van der Waals surface area contributed by atoms with Crippen molar-refractivity contribution < 1.29 is 0 Å². The number of hydrogen-bond donors (Lipinski definition) is 1. The Morgan fingerprint density at radius 3 is 1.73 bits per heavy atom. The lowest BCUT2D eigenvalue weighted by molar-refractivity contribution is 1.56. The molecule has 0 saturated carbocycles. The van der Waals surface area contributed by atoms with E-state index in [9.17, 15) is 0 Å². The lowest BCUT2D eigenvalue weighted by atomic mass is 9.93. The van der Waals surface area contributed by atoms with Crippen LogP contribution in [0.25, 0.3) is 33.4 Å². The Morgan fingerprint density at radius 1 is 0.500 bits per heavy atom. The maximum Gasteiger partial charge on any atom is 0.0320 e. The van der Waals surface area contributed by atoms with Crippen molar-refractivity contribution in [2.75, 3.05) is 5.73 Å². The minimum Gasteiger partial charge on any atom is -0.399 e. The molecule has 0 fully saturated rings. The molecule has 0 aromatic heterocycles. The predicted molar refractivity (Wildman–Crippen MR) is 115 cm³/mol. The van der Waals surface area contributed by atoms with Crippen molar-refractivity contribution in [3.05, 3.63) is 102 Å². The van der Waals surface area contributed by atoms with E-state index in [2.05, 4.69) is 101 Å². The van der Waals surface area contributed by atoms with Crippen LogP contribution in [0, 0.1) is 0 Å². The molecule has 0 spiro atoms. The number of anilines is 1. The van der Waals surface area contributed by atoms with Crippen LogP contribution in [-0.2, 0) is 0 Å². The first kappa shape index (κ1) is 16.6. The quantitative estimate of drug-likeness (QED) is 0.367. The first-order chi connectivity index (χ1) is 12.7. The van der Waals surface area contributed by atoms with E-state index in [1.165, 1.54) is 22.3 Å². The number of nitrogens with two attached hydrogens (primary N) is 1. The zero-order chi connectivity index (χ0) is 17.9. The van der Waals surface area contributed by atoms with E-state index >= 15 is 0 Å². The number of halogens is 1. The summed E-state index contributed by atoms with van der Waals surface area (Å²) in [6, 6.07) is 33.6. The molecule has 0 aliphatic carbocycles. The molecule has 0 aliphatic rings. The maximum atomic E-state index is 6.08. The average molecular weight is 400 g/mol. The zero-order valence-electron chi connectivity index (χ0n) is 14.2. The van der Waals surface area contributed by atoms with Gasteiger partial charge in [0, 0.05) is 10.2 Å². The van der Waals surface area contributed by atoms with Crippen LogP contribution in [-0.4, -0.2) is 0 Å². The van der Waals surface area contributed by atoms with Crippen LogP contribution >= 0.6 is 15.9 Å². The van der Waals surface area contributed by atoms with Crippen LogP contribution in [0.2, 0.25) is 0 Å². The molecule has 0 radical (unpaired) electrons. The van der Waals surface area contributed by atoms with E-state index in [0.29, 0.717) is 0 Å². The highest BCUT2D eigenvalue weighted by Crippen LogP contribution is 2.35. The van der Waals surface area contributed by atoms with Gasteiger partial charge < -0.3 is 5.73 Å². The van der Waals surface area contributed by atoms with Gasteiger partial charge in [0.25, 0.3) is 0 Å². The Balaban J connectivity index is 1.78. The van der Waals surface area contributed by atoms with Gasteiger partial charge in [-0.1, -0.05) is 88.7 Å². The molecule has 0 unspecified atom stereocenters. The smallest absolute Gasteiger partial charge is 0.0320 e. The van der Waals surface area contributed by atoms with Gasteiger partial charge in [-0.25, -0.2) is 0 Å². The third kappa shape index (κ3) is 3.42. The minimum atomic E-state index is 0.771. The summed E-state index contributed by atoms with van der Waals surface area (Å²) in [5.41, 5.74) is 13.9. The second-order valence-electron chi connectivity index (χ2n) is 6.26. The fourth-order valence-electron chi connectivity index (χ4n) is 3.15. The molecule has 4 aromatic rings. The van der Waals surface area contributed by atoms with E-state index < -0.39 is 0 Å². The van der Waals surface area contributed by atoms with Crippen molar-refractivity contribution in [3.63, 3.8) is 0 Å². The van der Waals surface area contributed by atoms with Gasteiger partial charge in [0.2, 0.25) is 0 Å². The summed E-state index contributed by atoms with van der Waals surface area (Å²) in [6.07, 6.45) is 0. The molecular weight excluding hydrogens is 382 g/mol. The molecule has 1 nitrogen and oxygen atoms in total. The molecule has 0 atom stereocenters. The average Bonchev–Trinajstić information content (AvgIpc) is 2.70. The standard InChI is InChI=1S/C24H18BrN/c25-21-12-10-19(11-13-21)23-15-14-22(26)16-24(23)20-8-6-18(7-9-20)17-4-2-1-3-5-17/h1-16H,26H2. The molecular formula is C24H18BrN. The minimum absolute atomic E-state index is 0.771. The monoisotopic (exact) mass is 399 g/mol. The summed E-state index contributed by atoms with van der Waals surface area (Å²) in [5.74, 6) is 0. The van der Waals surface area contributed by atoms with Crippen LogP contribution in [0.15, 0.2) is 102 Å².